The van der Waals surface area contributed by atoms with Gasteiger partial charge in [0.25, 0.3) is 0 Å². The van der Waals surface area contributed by atoms with Gasteiger partial charge in [0.2, 0.25) is 5.91 Å². The summed E-state index contributed by atoms with van der Waals surface area (Å²) in [5, 5.41) is 6.17. The Morgan fingerprint density at radius 2 is 1.58 bits per heavy atom. The highest BCUT2D eigenvalue weighted by Crippen LogP contribution is 2.59. The van der Waals surface area contributed by atoms with Gasteiger partial charge in [-0.3, -0.25) is 4.79 Å². The molecule has 0 aromatic heterocycles. The molecule has 5 rings (SSSR count). The predicted molar refractivity (Wildman–Crippen MR) is 220 cm³/mol. The summed E-state index contributed by atoms with van der Waals surface area (Å²) in [6.45, 7) is 11.3. The maximum Gasteiger partial charge on any atom is 0.331 e. The van der Waals surface area contributed by atoms with Gasteiger partial charge in [-0.15, -0.1) is 0 Å². The number of hydrogen-bond acceptors (Lipinski definition) is 10. The van der Waals surface area contributed by atoms with Crippen LogP contribution in [0.4, 0.5) is 0 Å². The second-order valence-electron chi connectivity index (χ2n) is 15.0. The van der Waals surface area contributed by atoms with Crippen LogP contribution in [0.1, 0.15) is 51.2 Å². The van der Waals surface area contributed by atoms with Crippen molar-refractivity contribution in [3.8, 4) is 5.75 Å². The maximum atomic E-state index is 12.7. The highest BCUT2D eigenvalue weighted by Gasteiger charge is 2.72. The topological polar surface area (TPSA) is 129 Å². The van der Waals surface area contributed by atoms with Gasteiger partial charge in [0.05, 0.1) is 45.1 Å². The lowest BCUT2D eigenvalue weighted by molar-refractivity contribution is -0.166. The summed E-state index contributed by atoms with van der Waals surface area (Å²) in [6.07, 6.45) is 17.0. The number of amides is 1. The Hall–Kier alpha value is -4.36. The van der Waals surface area contributed by atoms with E-state index in [2.05, 4.69) is 43.5 Å². The predicted octanol–water partition coefficient (Wildman–Crippen LogP) is 6.35. The van der Waals surface area contributed by atoms with E-state index in [-0.39, 0.29) is 41.3 Å². The number of carbonyl (C=O) groups excluding carboxylic acids is 2. The number of benzene rings is 2. The molecule has 2 aliphatic heterocycles. The van der Waals surface area contributed by atoms with Gasteiger partial charge in [-0.1, -0.05) is 90.6 Å². The van der Waals surface area contributed by atoms with Crippen LogP contribution in [0.25, 0.3) is 0 Å². The first kappa shape index (κ1) is 43.8. The van der Waals surface area contributed by atoms with Crippen LogP contribution >= 0.6 is 0 Å². The van der Waals surface area contributed by atoms with E-state index in [4.69, 9.17) is 33.2 Å². The van der Waals surface area contributed by atoms with Crippen LogP contribution in [0.3, 0.4) is 0 Å². The molecule has 0 unspecified atom stereocenters. The SMILES string of the molecule is CO[C@@H]1[C@H](OC(=O)/C=C/C=C/C=C/C=C/C(=O)NCCOCCOCCNCc2cccc(OCc3ccccc3)c2)CC[C@]2(CO2)[C@H]1[C@@]1(C)O[C@@H]1CC=C(C)C. The van der Waals surface area contributed by atoms with E-state index in [0.29, 0.717) is 52.6 Å². The monoisotopic (exact) mass is 784 g/mol. The van der Waals surface area contributed by atoms with Gasteiger partial charge in [0.15, 0.2) is 0 Å². The molecule has 308 valence electrons. The van der Waals surface area contributed by atoms with Gasteiger partial charge < -0.3 is 43.8 Å². The van der Waals surface area contributed by atoms with E-state index in [1.165, 1.54) is 17.7 Å². The van der Waals surface area contributed by atoms with Gasteiger partial charge in [-0.05, 0) is 63.3 Å². The molecule has 0 bridgehead atoms. The quantitative estimate of drug-likeness (QED) is 0.0311. The highest BCUT2D eigenvalue weighted by molar-refractivity contribution is 5.87. The molecule has 2 aromatic carbocycles. The minimum atomic E-state index is -0.425. The standard InChI is InChI=1S/C46H60N2O9/c1-35(2)21-22-40-45(3,57-40)44-43(51-4)39(23-24-46(44)34-55-46)56-42(50)20-13-8-6-5-7-12-19-41(49)48-26-28-53-30-29-52-27-25-47-32-37-17-14-18-38(31-37)54-33-36-15-10-9-11-16-36/h5-21,31,39-40,43-44,47H,22-30,32-34H2,1-4H3,(H,48,49)/b7-5+,8-6+,19-12+,20-13+/t39-,40-,43-,44-,45+,46+/m1/s1. The molecule has 11 heteroatoms. The van der Waals surface area contributed by atoms with Crippen molar-refractivity contribution in [3.05, 3.63) is 126 Å². The molecule has 2 saturated heterocycles. The molecular weight excluding hydrogens is 725 g/mol. The molecule has 6 atom stereocenters. The summed E-state index contributed by atoms with van der Waals surface area (Å²) in [6, 6.07) is 18.2. The fraction of sp³-hybridized carbons (Fsp3) is 0.478. The molecule has 3 aliphatic rings. The Kier molecular flexibility index (Phi) is 17.3. The minimum Gasteiger partial charge on any atom is -0.489 e. The molecule has 3 fully saturated rings. The van der Waals surface area contributed by atoms with Crippen molar-refractivity contribution in [2.45, 2.75) is 82.7 Å². The van der Waals surface area contributed by atoms with Crippen LogP contribution in [0, 0.1) is 5.92 Å². The summed E-state index contributed by atoms with van der Waals surface area (Å²) < 4.78 is 41.2. The van der Waals surface area contributed by atoms with E-state index >= 15 is 0 Å². The Labute approximate surface area is 338 Å². The number of ether oxygens (including phenoxy) is 7. The third-order valence-electron chi connectivity index (χ3n) is 10.4. The highest BCUT2D eigenvalue weighted by atomic mass is 16.6. The Morgan fingerprint density at radius 3 is 2.30 bits per heavy atom. The second-order valence-corrected chi connectivity index (χ2v) is 15.0. The summed E-state index contributed by atoms with van der Waals surface area (Å²) in [5.74, 6) is 0.189. The maximum absolute atomic E-state index is 12.7. The average Bonchev–Trinajstić information content (AvgIpc) is 4.13. The van der Waals surface area contributed by atoms with Crippen molar-refractivity contribution in [2.75, 3.05) is 53.2 Å². The summed E-state index contributed by atoms with van der Waals surface area (Å²) in [5.41, 5.74) is 2.90. The van der Waals surface area contributed by atoms with Crippen molar-refractivity contribution in [3.63, 3.8) is 0 Å². The lowest BCUT2D eigenvalue weighted by atomic mass is 9.68. The largest absolute Gasteiger partial charge is 0.489 e. The van der Waals surface area contributed by atoms with Crippen molar-refractivity contribution in [2.24, 2.45) is 5.92 Å². The summed E-state index contributed by atoms with van der Waals surface area (Å²) in [7, 11) is 1.67. The van der Waals surface area contributed by atoms with Crippen LogP contribution in [-0.2, 0) is 51.2 Å². The lowest BCUT2D eigenvalue weighted by Crippen LogP contribution is -2.55. The molecule has 1 aliphatic carbocycles. The zero-order valence-electron chi connectivity index (χ0n) is 33.9. The smallest absolute Gasteiger partial charge is 0.331 e. The third kappa shape index (κ3) is 14.2. The molecule has 1 spiro atoms. The zero-order valence-corrected chi connectivity index (χ0v) is 33.9. The average molecular weight is 785 g/mol. The normalized spacial score (nSPS) is 25.4. The van der Waals surface area contributed by atoms with E-state index < -0.39 is 5.97 Å². The van der Waals surface area contributed by atoms with Gasteiger partial charge in [-0.2, -0.15) is 0 Å². The number of rotatable bonds is 24. The molecular formula is C46H60N2O9. The van der Waals surface area contributed by atoms with E-state index in [0.717, 1.165) is 42.8 Å². The Morgan fingerprint density at radius 1 is 0.877 bits per heavy atom. The van der Waals surface area contributed by atoms with E-state index in [1.807, 2.05) is 48.5 Å². The number of carbonyl (C=O) groups is 2. The first-order valence-electron chi connectivity index (χ1n) is 20.0. The van der Waals surface area contributed by atoms with Crippen LogP contribution in [0.15, 0.2) is 115 Å². The number of hydrogen-bond donors (Lipinski definition) is 2. The summed E-state index contributed by atoms with van der Waals surface area (Å²) >= 11 is 0. The molecule has 0 radical (unpaired) electrons. The fourth-order valence-electron chi connectivity index (χ4n) is 7.28. The number of esters is 1. The van der Waals surface area contributed by atoms with Gasteiger partial charge >= 0.3 is 5.97 Å². The van der Waals surface area contributed by atoms with Crippen molar-refractivity contribution in [1.82, 2.24) is 10.6 Å². The Balaban J connectivity index is 0.864. The third-order valence-corrected chi connectivity index (χ3v) is 10.4. The van der Waals surface area contributed by atoms with Gasteiger partial charge in [0.1, 0.15) is 35.8 Å². The van der Waals surface area contributed by atoms with Crippen LogP contribution < -0.4 is 15.4 Å². The van der Waals surface area contributed by atoms with Crippen molar-refractivity contribution in [1.29, 1.82) is 0 Å². The molecule has 57 heavy (non-hydrogen) atoms. The Bertz CT molecular complexity index is 1710. The number of methoxy groups -OCH3 is 1. The zero-order chi connectivity index (χ0) is 40.4. The lowest BCUT2D eigenvalue weighted by Gasteiger charge is -2.42. The number of allylic oxidation sites excluding steroid dienone is 7. The van der Waals surface area contributed by atoms with Crippen LogP contribution in [0.5, 0.6) is 5.75 Å². The van der Waals surface area contributed by atoms with E-state index in [9.17, 15) is 9.59 Å². The molecule has 1 amide bonds. The van der Waals surface area contributed by atoms with Crippen molar-refractivity contribution >= 4 is 11.9 Å². The molecule has 2 heterocycles. The molecule has 2 aromatic rings. The fourth-order valence-corrected chi connectivity index (χ4v) is 7.28. The van der Waals surface area contributed by atoms with E-state index in [1.54, 1.807) is 43.6 Å². The first-order chi connectivity index (χ1) is 27.7. The number of epoxide rings is 2. The van der Waals surface area contributed by atoms with Crippen molar-refractivity contribution < 1.29 is 42.7 Å². The van der Waals surface area contributed by atoms with Crippen LogP contribution in [-0.4, -0.2) is 94.6 Å². The second kappa shape index (κ2) is 22.5. The molecule has 1 saturated carbocycles. The minimum absolute atomic E-state index is 0.0210. The van der Waals surface area contributed by atoms with Crippen LogP contribution in [0.2, 0.25) is 0 Å². The molecule has 11 nitrogen and oxygen atoms in total. The molecule has 2 N–H and O–H groups in total. The first-order valence-corrected chi connectivity index (χ1v) is 20.0. The number of nitrogens with one attached hydrogen (secondary N) is 2. The van der Waals surface area contributed by atoms with Gasteiger partial charge in [0, 0.05) is 38.9 Å². The summed E-state index contributed by atoms with van der Waals surface area (Å²) in [4.78, 5) is 24.8. The van der Waals surface area contributed by atoms with Gasteiger partial charge in [-0.25, -0.2) is 4.79 Å².